The number of aromatic amines is 1. The third kappa shape index (κ3) is 5.20. The zero-order valence-corrected chi connectivity index (χ0v) is 19.1. The first-order chi connectivity index (χ1) is 16.0. The molecule has 1 atom stereocenters. The molecule has 3 heterocycles. The summed E-state index contributed by atoms with van der Waals surface area (Å²) in [5.74, 6) is -0.306. The fraction of sp³-hybridized carbons (Fsp3) is 0.417. The van der Waals surface area contributed by atoms with Gasteiger partial charge in [-0.2, -0.15) is 0 Å². The molecule has 0 spiro atoms. The second-order valence-corrected chi connectivity index (χ2v) is 8.55. The molecule has 0 aliphatic carbocycles. The lowest BCUT2D eigenvalue weighted by Gasteiger charge is -2.35. The number of H-pyrrole nitrogens is 1. The maximum Gasteiger partial charge on any atom is 0.329 e. The first kappa shape index (κ1) is 22.9. The molecule has 1 saturated heterocycles. The monoisotopic (exact) mass is 450 g/mol. The highest BCUT2D eigenvalue weighted by atomic mass is 16.2. The number of nitrogens with one attached hydrogen (secondary N) is 2. The smallest absolute Gasteiger partial charge is 0.329 e. The van der Waals surface area contributed by atoms with Crippen molar-refractivity contribution >= 4 is 16.9 Å². The SMILES string of the molecule is CCCn1c(=O)[nH]c(=O)c2cc(C(=O)NC(CN3CCN(C)CC3)c3ccccc3)cnc21. The van der Waals surface area contributed by atoms with Crippen LogP contribution < -0.4 is 16.6 Å². The van der Waals surface area contributed by atoms with Gasteiger partial charge in [0.15, 0.2) is 0 Å². The van der Waals surface area contributed by atoms with Crippen molar-refractivity contribution in [1.82, 2.24) is 29.7 Å². The van der Waals surface area contributed by atoms with E-state index in [-0.39, 0.29) is 22.9 Å². The van der Waals surface area contributed by atoms with Crippen molar-refractivity contribution in [3.63, 3.8) is 0 Å². The number of carbonyl (C=O) groups excluding carboxylic acids is 1. The van der Waals surface area contributed by atoms with Crippen molar-refractivity contribution < 1.29 is 4.79 Å². The summed E-state index contributed by atoms with van der Waals surface area (Å²) in [5, 5.41) is 3.36. The Morgan fingerprint density at radius 2 is 1.88 bits per heavy atom. The minimum atomic E-state index is -0.540. The van der Waals surface area contributed by atoms with Gasteiger partial charge >= 0.3 is 5.69 Å². The highest BCUT2D eigenvalue weighted by molar-refractivity contribution is 5.97. The zero-order chi connectivity index (χ0) is 23.4. The molecule has 0 bridgehead atoms. The number of pyridine rings is 1. The van der Waals surface area contributed by atoms with Gasteiger partial charge in [0.2, 0.25) is 0 Å². The summed E-state index contributed by atoms with van der Waals surface area (Å²) < 4.78 is 1.43. The Balaban J connectivity index is 1.61. The van der Waals surface area contributed by atoms with E-state index in [0.717, 1.165) is 38.2 Å². The van der Waals surface area contributed by atoms with Gasteiger partial charge in [-0.25, -0.2) is 9.78 Å². The van der Waals surface area contributed by atoms with Crippen molar-refractivity contribution in [3.05, 3.63) is 74.6 Å². The first-order valence-corrected chi connectivity index (χ1v) is 11.4. The molecule has 9 nitrogen and oxygen atoms in total. The van der Waals surface area contributed by atoms with E-state index in [0.29, 0.717) is 18.7 Å². The Bertz CT molecular complexity index is 1230. The average Bonchev–Trinajstić information content (AvgIpc) is 2.83. The topological polar surface area (TPSA) is 103 Å². The van der Waals surface area contributed by atoms with Crippen molar-refractivity contribution in [1.29, 1.82) is 0 Å². The predicted molar refractivity (Wildman–Crippen MR) is 128 cm³/mol. The highest BCUT2D eigenvalue weighted by Crippen LogP contribution is 2.17. The summed E-state index contributed by atoms with van der Waals surface area (Å²) in [7, 11) is 2.11. The quantitative estimate of drug-likeness (QED) is 0.561. The van der Waals surface area contributed by atoms with Crippen molar-refractivity contribution in [2.75, 3.05) is 39.8 Å². The molecule has 1 aromatic carbocycles. The molecule has 9 heteroatoms. The summed E-state index contributed by atoms with van der Waals surface area (Å²) in [6, 6.07) is 11.2. The van der Waals surface area contributed by atoms with E-state index < -0.39 is 11.2 Å². The molecule has 0 saturated carbocycles. The Morgan fingerprint density at radius 3 is 2.58 bits per heavy atom. The van der Waals surface area contributed by atoms with E-state index in [4.69, 9.17) is 0 Å². The summed E-state index contributed by atoms with van der Waals surface area (Å²) in [4.78, 5) is 49.0. The van der Waals surface area contributed by atoms with Crippen LogP contribution in [-0.2, 0) is 6.54 Å². The summed E-state index contributed by atoms with van der Waals surface area (Å²) in [6.45, 7) is 6.94. The van der Waals surface area contributed by atoms with E-state index in [1.807, 2.05) is 37.3 Å². The van der Waals surface area contributed by atoms with Crippen LogP contribution in [0.15, 0.2) is 52.2 Å². The van der Waals surface area contributed by atoms with Gasteiger partial charge in [0, 0.05) is 45.5 Å². The maximum absolute atomic E-state index is 13.2. The number of carbonyl (C=O) groups is 1. The second kappa shape index (κ2) is 10.1. The van der Waals surface area contributed by atoms with E-state index in [9.17, 15) is 14.4 Å². The number of hydrogen-bond acceptors (Lipinski definition) is 6. The Kier molecular flexibility index (Phi) is 7.00. The molecule has 3 aromatic rings. The molecule has 2 N–H and O–H groups in total. The van der Waals surface area contributed by atoms with E-state index >= 15 is 0 Å². The van der Waals surface area contributed by atoms with Crippen molar-refractivity contribution in [2.45, 2.75) is 25.9 Å². The number of aryl methyl sites for hydroxylation is 1. The molecule has 1 fully saturated rings. The number of rotatable bonds is 7. The number of nitrogens with zero attached hydrogens (tertiary/aromatic N) is 4. The third-order valence-corrected chi connectivity index (χ3v) is 6.09. The predicted octanol–water partition coefficient (Wildman–Crippen LogP) is 1.21. The fourth-order valence-electron chi connectivity index (χ4n) is 4.17. The number of aromatic nitrogens is 3. The molecular weight excluding hydrogens is 420 g/mol. The number of piperazine rings is 1. The molecule has 2 aromatic heterocycles. The van der Waals surface area contributed by atoms with Crippen LogP contribution >= 0.6 is 0 Å². The van der Waals surface area contributed by atoms with Crippen LogP contribution in [0.4, 0.5) is 0 Å². The van der Waals surface area contributed by atoms with Gasteiger partial charge < -0.3 is 10.2 Å². The van der Waals surface area contributed by atoms with E-state index in [2.05, 4.69) is 32.1 Å². The normalized spacial score (nSPS) is 16.1. The van der Waals surface area contributed by atoms with Crippen molar-refractivity contribution in [3.8, 4) is 0 Å². The third-order valence-electron chi connectivity index (χ3n) is 6.09. The Labute approximate surface area is 192 Å². The first-order valence-electron chi connectivity index (χ1n) is 11.4. The molecule has 1 unspecified atom stereocenters. The molecule has 0 radical (unpaired) electrons. The van der Waals surface area contributed by atoms with Gasteiger partial charge in [-0.3, -0.25) is 24.0 Å². The van der Waals surface area contributed by atoms with E-state index in [1.165, 1.54) is 16.8 Å². The molecule has 4 rings (SSSR count). The van der Waals surface area contributed by atoms with E-state index in [1.54, 1.807) is 0 Å². The zero-order valence-electron chi connectivity index (χ0n) is 19.1. The number of amides is 1. The van der Waals surface area contributed by atoms with Crippen LogP contribution in [0.5, 0.6) is 0 Å². The summed E-state index contributed by atoms with van der Waals surface area (Å²) >= 11 is 0. The Hall–Kier alpha value is -3.30. The van der Waals surface area contributed by atoms with Crippen LogP contribution in [-0.4, -0.2) is 70.0 Å². The number of hydrogen-bond donors (Lipinski definition) is 2. The van der Waals surface area contributed by atoms with Crippen LogP contribution in [0.2, 0.25) is 0 Å². The number of fused-ring (bicyclic) bond motifs is 1. The molecule has 33 heavy (non-hydrogen) atoms. The summed E-state index contributed by atoms with van der Waals surface area (Å²) in [5.41, 5.74) is 0.568. The van der Waals surface area contributed by atoms with Gasteiger partial charge in [-0.15, -0.1) is 0 Å². The lowest BCUT2D eigenvalue weighted by molar-refractivity contribution is 0.0907. The standard InChI is InChI=1S/C24H30N6O3/c1-3-9-30-21-19(23(32)27-24(30)33)14-18(15-25-21)22(31)26-20(17-7-5-4-6-8-17)16-29-12-10-28(2)11-13-29/h4-8,14-15,20H,3,9-13,16H2,1-2H3,(H,26,31)(H,27,32,33). The molecule has 174 valence electrons. The second-order valence-electron chi connectivity index (χ2n) is 8.55. The minimum absolute atomic E-state index is 0.204. The lowest BCUT2D eigenvalue weighted by Crippen LogP contribution is -2.47. The number of benzene rings is 1. The van der Waals surface area contributed by atoms with Gasteiger partial charge in [0.25, 0.3) is 11.5 Å². The van der Waals surface area contributed by atoms with Gasteiger partial charge in [0.1, 0.15) is 5.65 Å². The fourth-order valence-corrected chi connectivity index (χ4v) is 4.17. The van der Waals surface area contributed by atoms with Crippen LogP contribution in [0, 0.1) is 0 Å². The minimum Gasteiger partial charge on any atom is -0.344 e. The molecule has 1 aliphatic rings. The Morgan fingerprint density at radius 1 is 1.15 bits per heavy atom. The maximum atomic E-state index is 13.2. The van der Waals surface area contributed by atoms with Gasteiger partial charge in [0.05, 0.1) is 17.0 Å². The summed E-state index contributed by atoms with van der Waals surface area (Å²) in [6.07, 6.45) is 2.15. The van der Waals surface area contributed by atoms with Gasteiger partial charge in [-0.05, 0) is 25.1 Å². The average molecular weight is 451 g/mol. The van der Waals surface area contributed by atoms with Gasteiger partial charge in [-0.1, -0.05) is 37.3 Å². The molecule has 1 amide bonds. The largest absolute Gasteiger partial charge is 0.344 e. The molecular formula is C24H30N6O3. The number of likely N-dealkylation sites (N-methyl/N-ethyl adjacent to an activating group) is 1. The van der Waals surface area contributed by atoms with Crippen LogP contribution in [0.1, 0.15) is 35.3 Å². The molecule has 1 aliphatic heterocycles. The van der Waals surface area contributed by atoms with Crippen LogP contribution in [0.3, 0.4) is 0 Å². The van der Waals surface area contributed by atoms with Crippen LogP contribution in [0.25, 0.3) is 11.0 Å². The lowest BCUT2D eigenvalue weighted by atomic mass is 10.1. The van der Waals surface area contributed by atoms with Crippen molar-refractivity contribution in [2.24, 2.45) is 0 Å². The highest BCUT2D eigenvalue weighted by Gasteiger charge is 2.22.